The van der Waals surface area contributed by atoms with Crippen molar-refractivity contribution in [1.82, 2.24) is 0 Å². The van der Waals surface area contributed by atoms with E-state index in [4.69, 9.17) is 5.26 Å². The van der Waals surface area contributed by atoms with E-state index in [1.54, 1.807) is 24.3 Å². The maximum absolute atomic E-state index is 9.51. The van der Waals surface area contributed by atoms with Gasteiger partial charge in [0, 0.05) is 6.42 Å². The van der Waals surface area contributed by atoms with Crippen LogP contribution in [0.3, 0.4) is 0 Å². The molecule has 0 saturated carbocycles. The largest absolute Gasteiger partial charge is 0.198 e. The van der Waals surface area contributed by atoms with Gasteiger partial charge < -0.3 is 0 Å². The van der Waals surface area contributed by atoms with Crippen molar-refractivity contribution in [3.8, 4) is 24.3 Å². The van der Waals surface area contributed by atoms with Gasteiger partial charge in [0.1, 0.15) is 5.92 Å². The molecule has 0 aromatic heterocycles. The van der Waals surface area contributed by atoms with Crippen molar-refractivity contribution in [3.63, 3.8) is 0 Å². The fourth-order valence-corrected chi connectivity index (χ4v) is 2.49. The molecule has 1 atom stereocenters. The summed E-state index contributed by atoms with van der Waals surface area (Å²) in [6.07, 6.45) is 4.22. The Morgan fingerprint density at radius 3 is 2.05 bits per heavy atom. The van der Waals surface area contributed by atoms with E-state index in [9.17, 15) is 15.8 Å². The van der Waals surface area contributed by atoms with Gasteiger partial charge in [-0.05, 0) is 18.4 Å². The lowest BCUT2D eigenvalue weighted by Crippen LogP contribution is -2.25. The number of hydrogen-bond acceptors (Lipinski definition) is 4. The van der Waals surface area contributed by atoms with Crippen molar-refractivity contribution in [3.05, 3.63) is 35.9 Å². The molecule has 0 aliphatic heterocycles. The van der Waals surface area contributed by atoms with Gasteiger partial charge >= 0.3 is 0 Å². The first-order chi connectivity index (χ1) is 10.7. The van der Waals surface area contributed by atoms with E-state index in [-0.39, 0.29) is 0 Å². The molecule has 1 aromatic rings. The maximum Gasteiger partial charge on any atom is 0.163 e. The van der Waals surface area contributed by atoms with Gasteiger partial charge in [-0.25, -0.2) is 0 Å². The van der Waals surface area contributed by atoms with Gasteiger partial charge in [-0.15, -0.1) is 0 Å². The molecule has 0 N–H and O–H groups in total. The number of unbranched alkanes of at least 4 members (excludes halogenated alkanes) is 4. The fourth-order valence-electron chi connectivity index (χ4n) is 2.49. The van der Waals surface area contributed by atoms with Gasteiger partial charge in [0.25, 0.3) is 0 Å². The zero-order valence-electron chi connectivity index (χ0n) is 12.5. The summed E-state index contributed by atoms with van der Waals surface area (Å²) < 4.78 is 0. The SMILES string of the molecule is N#CCCCCCCC(C#N)(C#N)C(C#N)c1ccccc1. The Bertz CT molecular complexity index is 608. The predicted octanol–water partition coefficient (Wildman–Crippen LogP) is 4.19. The highest BCUT2D eigenvalue weighted by molar-refractivity contribution is 5.35. The second-order valence-corrected chi connectivity index (χ2v) is 5.24. The first kappa shape index (κ1) is 17.2. The van der Waals surface area contributed by atoms with E-state index in [1.165, 1.54) is 0 Å². The molecule has 0 bridgehead atoms. The molecule has 1 rings (SSSR count). The van der Waals surface area contributed by atoms with Gasteiger partial charge in [0.05, 0.1) is 24.3 Å². The number of hydrogen-bond donors (Lipinski definition) is 0. The van der Waals surface area contributed by atoms with Gasteiger partial charge in [-0.3, -0.25) is 0 Å². The van der Waals surface area contributed by atoms with Crippen molar-refractivity contribution < 1.29 is 0 Å². The van der Waals surface area contributed by atoms with Crippen LogP contribution in [0, 0.1) is 50.7 Å². The molecule has 0 spiro atoms. The molecule has 4 nitrogen and oxygen atoms in total. The highest BCUT2D eigenvalue weighted by atomic mass is 14.5. The topological polar surface area (TPSA) is 95.2 Å². The monoisotopic (exact) mass is 290 g/mol. The summed E-state index contributed by atoms with van der Waals surface area (Å²) in [7, 11) is 0. The van der Waals surface area contributed by atoms with E-state index in [2.05, 4.69) is 24.3 Å². The van der Waals surface area contributed by atoms with Crippen molar-refractivity contribution >= 4 is 0 Å². The third-order valence-corrected chi connectivity index (χ3v) is 3.76. The molecule has 0 aliphatic carbocycles. The molecule has 4 heteroatoms. The quantitative estimate of drug-likeness (QED) is 0.670. The molecule has 110 valence electrons. The molecule has 0 aliphatic rings. The summed E-state index contributed by atoms with van der Waals surface area (Å²) in [4.78, 5) is 0. The molecule has 1 aromatic carbocycles. The fraction of sp³-hybridized carbons (Fsp3) is 0.444. The van der Waals surface area contributed by atoms with Crippen LogP contribution in [0.15, 0.2) is 30.3 Å². The van der Waals surface area contributed by atoms with Crippen LogP contribution >= 0.6 is 0 Å². The Hall–Kier alpha value is -2.82. The molecular formula is C18H18N4. The predicted molar refractivity (Wildman–Crippen MR) is 81.8 cm³/mol. The van der Waals surface area contributed by atoms with E-state index in [1.807, 2.05) is 6.07 Å². The summed E-state index contributed by atoms with van der Waals surface area (Å²) in [5, 5.41) is 37.0. The smallest absolute Gasteiger partial charge is 0.163 e. The lowest BCUT2D eigenvalue weighted by atomic mass is 9.71. The van der Waals surface area contributed by atoms with Crippen LogP contribution in [-0.4, -0.2) is 0 Å². The normalized spacial score (nSPS) is 11.5. The zero-order valence-corrected chi connectivity index (χ0v) is 12.5. The highest BCUT2D eigenvalue weighted by Crippen LogP contribution is 2.39. The second kappa shape index (κ2) is 9.18. The summed E-state index contributed by atoms with van der Waals surface area (Å²) in [5.74, 6) is -0.747. The van der Waals surface area contributed by atoms with Crippen molar-refractivity contribution in [2.45, 2.75) is 44.4 Å². The maximum atomic E-state index is 9.51. The first-order valence-electron chi connectivity index (χ1n) is 7.38. The van der Waals surface area contributed by atoms with Crippen LogP contribution in [0.1, 0.15) is 50.0 Å². The Labute approximate surface area is 131 Å². The Balaban J connectivity index is 2.79. The van der Waals surface area contributed by atoms with Crippen LogP contribution in [0.2, 0.25) is 0 Å². The van der Waals surface area contributed by atoms with Gasteiger partial charge in [-0.1, -0.05) is 49.6 Å². The number of rotatable bonds is 8. The lowest BCUT2D eigenvalue weighted by Gasteiger charge is -2.24. The summed E-state index contributed by atoms with van der Waals surface area (Å²) in [6, 6.07) is 17.4. The molecule has 0 amide bonds. The highest BCUT2D eigenvalue weighted by Gasteiger charge is 2.40. The Morgan fingerprint density at radius 1 is 0.864 bits per heavy atom. The molecule has 0 fully saturated rings. The molecule has 1 unspecified atom stereocenters. The van der Waals surface area contributed by atoms with Gasteiger partial charge in [0.2, 0.25) is 0 Å². The van der Waals surface area contributed by atoms with Gasteiger partial charge in [-0.2, -0.15) is 21.0 Å². The third-order valence-electron chi connectivity index (χ3n) is 3.76. The Morgan fingerprint density at radius 2 is 1.50 bits per heavy atom. The van der Waals surface area contributed by atoms with Crippen molar-refractivity contribution in [2.75, 3.05) is 0 Å². The standard InChI is InChI=1S/C18H18N4/c19-12-8-3-1-2-7-11-18(14-21,15-22)17(13-20)16-9-5-4-6-10-16/h4-6,9-10,17H,1-3,7-8,11H2. The number of nitriles is 4. The van der Waals surface area contributed by atoms with Crippen LogP contribution in [-0.2, 0) is 0 Å². The van der Waals surface area contributed by atoms with E-state index in [0.29, 0.717) is 24.8 Å². The van der Waals surface area contributed by atoms with Crippen LogP contribution < -0.4 is 0 Å². The van der Waals surface area contributed by atoms with E-state index >= 15 is 0 Å². The molecule has 22 heavy (non-hydrogen) atoms. The lowest BCUT2D eigenvalue weighted by molar-refractivity contribution is 0.409. The Kier molecular flexibility index (Phi) is 7.19. The summed E-state index contributed by atoms with van der Waals surface area (Å²) in [6.45, 7) is 0. The third kappa shape index (κ3) is 4.34. The summed E-state index contributed by atoms with van der Waals surface area (Å²) in [5.41, 5.74) is -0.608. The minimum Gasteiger partial charge on any atom is -0.198 e. The van der Waals surface area contributed by atoms with Crippen molar-refractivity contribution in [2.24, 2.45) is 5.41 Å². The molecule has 0 radical (unpaired) electrons. The zero-order chi connectivity index (χ0) is 16.3. The van der Waals surface area contributed by atoms with Crippen LogP contribution in [0.5, 0.6) is 0 Å². The second-order valence-electron chi connectivity index (χ2n) is 5.24. The minimum atomic E-state index is -1.31. The molecule has 0 heterocycles. The van der Waals surface area contributed by atoms with Crippen LogP contribution in [0.25, 0.3) is 0 Å². The first-order valence-corrected chi connectivity index (χ1v) is 7.38. The number of benzene rings is 1. The average molecular weight is 290 g/mol. The van der Waals surface area contributed by atoms with Gasteiger partial charge in [0.15, 0.2) is 5.41 Å². The minimum absolute atomic E-state index is 0.375. The number of nitrogens with zero attached hydrogens (tertiary/aromatic N) is 4. The van der Waals surface area contributed by atoms with Crippen molar-refractivity contribution in [1.29, 1.82) is 21.0 Å². The summed E-state index contributed by atoms with van der Waals surface area (Å²) >= 11 is 0. The molecule has 0 saturated heterocycles. The van der Waals surface area contributed by atoms with E-state index < -0.39 is 11.3 Å². The van der Waals surface area contributed by atoms with Crippen LogP contribution in [0.4, 0.5) is 0 Å². The van der Waals surface area contributed by atoms with E-state index in [0.717, 1.165) is 19.3 Å². The molecular weight excluding hydrogens is 272 g/mol. The average Bonchev–Trinajstić information content (AvgIpc) is 2.58.